The van der Waals surface area contributed by atoms with Crippen LogP contribution < -0.4 is 0 Å². The molecule has 3 aromatic rings. The number of imidazole rings is 1. The summed E-state index contributed by atoms with van der Waals surface area (Å²) in [5.41, 5.74) is 2.03. The van der Waals surface area contributed by atoms with E-state index in [4.69, 9.17) is 0 Å². The van der Waals surface area contributed by atoms with Gasteiger partial charge in [0.15, 0.2) is 0 Å². The fourth-order valence-electron chi connectivity index (χ4n) is 3.38. The van der Waals surface area contributed by atoms with Crippen LogP contribution in [0.3, 0.4) is 0 Å². The lowest BCUT2D eigenvalue weighted by Crippen LogP contribution is -2.41. The van der Waals surface area contributed by atoms with Gasteiger partial charge in [0.25, 0.3) is 0 Å². The van der Waals surface area contributed by atoms with Gasteiger partial charge in [-0.2, -0.15) is 5.10 Å². The maximum absolute atomic E-state index is 12.7. The number of nitrogens with zero attached hydrogens (tertiary/aromatic N) is 5. The number of aromatic nitrogens is 4. The fourth-order valence-corrected chi connectivity index (χ4v) is 3.38. The molecule has 1 aliphatic heterocycles. The van der Waals surface area contributed by atoms with E-state index in [1.807, 2.05) is 58.6 Å². The Morgan fingerprint density at radius 1 is 1.16 bits per heavy atom. The molecule has 6 nitrogen and oxygen atoms in total. The van der Waals surface area contributed by atoms with Gasteiger partial charge >= 0.3 is 0 Å². The summed E-state index contributed by atoms with van der Waals surface area (Å²) < 4.78 is 3.92. The minimum Gasteiger partial charge on any atom is -0.340 e. The molecule has 0 spiro atoms. The van der Waals surface area contributed by atoms with Gasteiger partial charge < -0.3 is 9.47 Å². The monoisotopic (exact) mass is 335 g/mol. The zero-order valence-electron chi connectivity index (χ0n) is 14.0. The fraction of sp³-hybridized carbons (Fsp3) is 0.316. The van der Waals surface area contributed by atoms with Crippen LogP contribution >= 0.6 is 0 Å². The molecule has 0 radical (unpaired) electrons. The Hall–Kier alpha value is -2.89. The first-order valence-electron chi connectivity index (χ1n) is 8.64. The number of likely N-dealkylation sites (tertiary alicyclic amines) is 1. The van der Waals surface area contributed by atoms with Gasteiger partial charge in [-0.3, -0.25) is 4.79 Å². The van der Waals surface area contributed by atoms with E-state index in [2.05, 4.69) is 14.6 Å². The van der Waals surface area contributed by atoms with Crippen molar-refractivity contribution in [3.05, 3.63) is 67.0 Å². The van der Waals surface area contributed by atoms with Crippen LogP contribution in [0.15, 0.2) is 61.4 Å². The summed E-state index contributed by atoms with van der Waals surface area (Å²) in [6, 6.07) is 10.2. The average molecular weight is 335 g/mol. The Kier molecular flexibility index (Phi) is 4.33. The topological polar surface area (TPSA) is 56.0 Å². The number of carbonyl (C=O) groups is 1. The normalized spacial score (nSPS) is 17.6. The second-order valence-electron chi connectivity index (χ2n) is 6.44. The largest absolute Gasteiger partial charge is 0.340 e. The molecule has 0 saturated carbocycles. The van der Waals surface area contributed by atoms with Crippen molar-refractivity contribution in [1.29, 1.82) is 0 Å². The molecule has 1 fully saturated rings. The summed E-state index contributed by atoms with van der Waals surface area (Å²) in [5, 5.41) is 4.22. The summed E-state index contributed by atoms with van der Waals surface area (Å²) >= 11 is 0. The Labute approximate surface area is 146 Å². The molecule has 1 atom stereocenters. The molecule has 25 heavy (non-hydrogen) atoms. The maximum Gasteiger partial charge on any atom is 0.227 e. The van der Waals surface area contributed by atoms with Crippen LogP contribution in [0.4, 0.5) is 0 Å². The lowest BCUT2D eigenvalue weighted by Gasteiger charge is -2.33. The van der Waals surface area contributed by atoms with Gasteiger partial charge in [-0.05, 0) is 36.6 Å². The van der Waals surface area contributed by atoms with E-state index in [-0.39, 0.29) is 5.91 Å². The smallest absolute Gasteiger partial charge is 0.227 e. The van der Waals surface area contributed by atoms with Gasteiger partial charge in [0.2, 0.25) is 5.91 Å². The molecule has 4 rings (SSSR count). The highest BCUT2D eigenvalue weighted by atomic mass is 16.2. The molecule has 128 valence electrons. The Morgan fingerprint density at radius 2 is 2.04 bits per heavy atom. The summed E-state index contributed by atoms with van der Waals surface area (Å²) in [4.78, 5) is 18.8. The molecule has 0 N–H and O–H groups in total. The van der Waals surface area contributed by atoms with E-state index in [0.29, 0.717) is 12.5 Å². The van der Waals surface area contributed by atoms with E-state index in [1.54, 1.807) is 12.4 Å². The van der Waals surface area contributed by atoms with Crippen LogP contribution in [0.2, 0.25) is 0 Å². The van der Waals surface area contributed by atoms with Gasteiger partial charge in [0, 0.05) is 37.9 Å². The van der Waals surface area contributed by atoms with E-state index < -0.39 is 0 Å². The van der Waals surface area contributed by atoms with Crippen molar-refractivity contribution in [2.75, 3.05) is 13.1 Å². The van der Waals surface area contributed by atoms with Gasteiger partial charge in [0.05, 0.1) is 24.5 Å². The van der Waals surface area contributed by atoms with Crippen molar-refractivity contribution in [2.24, 2.45) is 0 Å². The van der Waals surface area contributed by atoms with E-state index in [0.717, 1.165) is 37.2 Å². The Morgan fingerprint density at radius 3 is 2.76 bits per heavy atom. The van der Waals surface area contributed by atoms with E-state index in [1.165, 1.54) is 0 Å². The summed E-state index contributed by atoms with van der Waals surface area (Å²) in [6.07, 6.45) is 11.8. The van der Waals surface area contributed by atoms with Crippen LogP contribution in [0.1, 0.15) is 24.4 Å². The number of carbonyl (C=O) groups excluding carboxylic acids is 1. The van der Waals surface area contributed by atoms with Crippen molar-refractivity contribution in [1.82, 2.24) is 24.2 Å². The highest BCUT2D eigenvalue weighted by molar-refractivity contribution is 5.79. The lowest BCUT2D eigenvalue weighted by molar-refractivity contribution is -0.132. The third-order valence-corrected chi connectivity index (χ3v) is 4.76. The molecular formula is C19H21N5O. The van der Waals surface area contributed by atoms with Crippen LogP contribution in [-0.2, 0) is 11.2 Å². The van der Waals surface area contributed by atoms with Gasteiger partial charge in [-0.15, -0.1) is 0 Å². The number of hydrogen-bond acceptors (Lipinski definition) is 3. The molecule has 2 aromatic heterocycles. The third-order valence-electron chi connectivity index (χ3n) is 4.76. The number of piperidine rings is 1. The highest BCUT2D eigenvalue weighted by Crippen LogP contribution is 2.22. The van der Waals surface area contributed by atoms with Crippen LogP contribution in [0.25, 0.3) is 5.69 Å². The first-order chi connectivity index (χ1) is 12.3. The molecular weight excluding hydrogens is 314 g/mol. The third kappa shape index (κ3) is 3.47. The van der Waals surface area contributed by atoms with Gasteiger partial charge in [0.1, 0.15) is 0 Å². The predicted octanol–water partition coefficient (Wildman–Crippen LogP) is 2.48. The number of rotatable bonds is 4. The quantitative estimate of drug-likeness (QED) is 0.736. The summed E-state index contributed by atoms with van der Waals surface area (Å²) in [5.74, 6) is 0.191. The standard InChI is InChI=1S/C19H21N5O/c25-19(22-10-1-3-18(14-22)23-12-9-20-15-23)13-16-4-6-17(7-5-16)24-11-2-8-21-24/h2,4-9,11-12,15,18H,1,3,10,13-14H2/t18-/m1/s1. The number of benzene rings is 1. The van der Waals surface area contributed by atoms with Crippen molar-refractivity contribution in [3.63, 3.8) is 0 Å². The molecule has 0 aliphatic carbocycles. The van der Waals surface area contributed by atoms with Crippen LogP contribution in [-0.4, -0.2) is 43.2 Å². The minimum absolute atomic E-state index is 0.191. The average Bonchev–Trinajstić information content (AvgIpc) is 3.36. The first kappa shape index (κ1) is 15.6. The zero-order valence-corrected chi connectivity index (χ0v) is 14.0. The molecule has 1 amide bonds. The van der Waals surface area contributed by atoms with E-state index >= 15 is 0 Å². The van der Waals surface area contributed by atoms with E-state index in [9.17, 15) is 4.79 Å². The summed E-state index contributed by atoms with van der Waals surface area (Å²) in [7, 11) is 0. The molecule has 0 bridgehead atoms. The molecule has 1 aliphatic rings. The van der Waals surface area contributed by atoms with Crippen LogP contribution in [0.5, 0.6) is 0 Å². The SMILES string of the molecule is O=C(Cc1ccc(-n2cccn2)cc1)N1CCC[C@@H](n2ccnc2)C1. The maximum atomic E-state index is 12.7. The second kappa shape index (κ2) is 6.93. The molecule has 1 saturated heterocycles. The van der Waals surface area contributed by atoms with Crippen molar-refractivity contribution >= 4 is 5.91 Å². The van der Waals surface area contributed by atoms with Crippen LogP contribution in [0, 0.1) is 0 Å². The second-order valence-corrected chi connectivity index (χ2v) is 6.44. The molecule has 0 unspecified atom stereocenters. The Balaban J connectivity index is 1.39. The van der Waals surface area contributed by atoms with Gasteiger partial charge in [-0.25, -0.2) is 9.67 Å². The van der Waals surface area contributed by atoms with Crippen molar-refractivity contribution in [3.8, 4) is 5.69 Å². The highest BCUT2D eigenvalue weighted by Gasteiger charge is 2.24. The van der Waals surface area contributed by atoms with Crippen molar-refractivity contribution < 1.29 is 4.79 Å². The first-order valence-corrected chi connectivity index (χ1v) is 8.64. The van der Waals surface area contributed by atoms with Gasteiger partial charge in [-0.1, -0.05) is 12.1 Å². The number of amides is 1. The van der Waals surface area contributed by atoms with Crippen molar-refractivity contribution in [2.45, 2.75) is 25.3 Å². The zero-order chi connectivity index (χ0) is 17.1. The molecule has 3 heterocycles. The lowest BCUT2D eigenvalue weighted by atomic mass is 10.0. The molecule has 1 aromatic carbocycles. The minimum atomic E-state index is 0.191. The predicted molar refractivity (Wildman–Crippen MR) is 94.3 cm³/mol. The number of hydrogen-bond donors (Lipinski definition) is 0. The summed E-state index contributed by atoms with van der Waals surface area (Å²) in [6.45, 7) is 1.61. The molecule has 6 heteroatoms. The Bertz CT molecular complexity index is 808.